The van der Waals surface area contributed by atoms with E-state index in [9.17, 15) is 24.3 Å². The van der Waals surface area contributed by atoms with Crippen molar-refractivity contribution in [1.29, 1.82) is 0 Å². The highest BCUT2D eigenvalue weighted by Crippen LogP contribution is 2.19. The molecule has 0 saturated carbocycles. The summed E-state index contributed by atoms with van der Waals surface area (Å²) in [5.41, 5.74) is 17.6. The minimum absolute atomic E-state index is 0.0287. The Bertz CT molecular complexity index is 1130. The first-order valence-corrected chi connectivity index (χ1v) is 12.0. The molecule has 1 aromatic heterocycles. The molecule has 3 unspecified atom stereocenters. The zero-order valence-corrected chi connectivity index (χ0v) is 21.0. The molecular formula is C24H36N8O5. The third kappa shape index (κ3) is 8.79. The molecule has 0 fully saturated rings. The first-order chi connectivity index (χ1) is 17.5. The SMILES string of the molecule is CC(C)C(NC(=O)CN)C(=O)NC(CCCN=C(N)N)C(=O)NC(Cc1c[nH]c2ccccc12)C(=O)O. The number of amides is 3. The summed E-state index contributed by atoms with van der Waals surface area (Å²) in [6, 6.07) is 4.13. The number of aliphatic imine (C=N–C) groups is 1. The van der Waals surface area contributed by atoms with Crippen LogP contribution in [-0.2, 0) is 25.6 Å². The van der Waals surface area contributed by atoms with E-state index in [0.29, 0.717) is 6.42 Å². The molecule has 2 rings (SSSR count). The standard InChI is InChI=1S/C24H36N8O5/c1-13(2)20(32-19(33)11-25)22(35)30-17(8-5-9-28-24(26)27)21(34)31-18(23(36)37)10-14-12-29-16-7-4-3-6-15(14)16/h3-4,6-7,12-13,17-18,20,29H,5,8-11,25H2,1-2H3,(H,30,35)(H,31,34)(H,32,33)(H,36,37)(H4,26,27,28). The van der Waals surface area contributed by atoms with Gasteiger partial charge in [-0.05, 0) is 30.4 Å². The molecule has 0 aliphatic rings. The molecule has 0 bridgehead atoms. The number of nitrogens with zero attached hydrogens (tertiary/aromatic N) is 1. The molecule has 1 aromatic carbocycles. The van der Waals surface area contributed by atoms with Gasteiger partial charge in [0.15, 0.2) is 5.96 Å². The Morgan fingerprint density at radius 3 is 2.32 bits per heavy atom. The monoisotopic (exact) mass is 516 g/mol. The smallest absolute Gasteiger partial charge is 0.326 e. The number of hydrogen-bond acceptors (Lipinski definition) is 6. The lowest BCUT2D eigenvalue weighted by molar-refractivity contribution is -0.142. The van der Waals surface area contributed by atoms with Gasteiger partial charge in [-0.1, -0.05) is 32.0 Å². The minimum atomic E-state index is -1.25. The Hall–Kier alpha value is -4.13. The topological polar surface area (TPSA) is 231 Å². The van der Waals surface area contributed by atoms with E-state index in [1.165, 1.54) is 0 Å². The number of carboxylic acid groups (broad SMARTS) is 1. The number of benzene rings is 1. The predicted molar refractivity (Wildman–Crippen MR) is 139 cm³/mol. The van der Waals surface area contributed by atoms with Crippen LogP contribution in [0.1, 0.15) is 32.3 Å². The maximum atomic E-state index is 13.2. The molecule has 0 aliphatic carbocycles. The van der Waals surface area contributed by atoms with E-state index in [4.69, 9.17) is 17.2 Å². The van der Waals surface area contributed by atoms with Crippen LogP contribution in [0.15, 0.2) is 35.5 Å². The summed E-state index contributed by atoms with van der Waals surface area (Å²) in [7, 11) is 0. The molecule has 0 spiro atoms. The van der Waals surface area contributed by atoms with Crippen molar-refractivity contribution in [2.24, 2.45) is 28.1 Å². The molecule has 13 nitrogen and oxygen atoms in total. The van der Waals surface area contributed by atoms with E-state index < -0.39 is 41.8 Å². The van der Waals surface area contributed by atoms with E-state index in [-0.39, 0.29) is 37.8 Å². The average molecular weight is 517 g/mol. The quantitative estimate of drug-likeness (QED) is 0.0871. The van der Waals surface area contributed by atoms with Crippen molar-refractivity contribution in [3.05, 3.63) is 36.0 Å². The molecule has 2 aromatic rings. The van der Waals surface area contributed by atoms with Crippen LogP contribution in [0, 0.1) is 5.92 Å². The number of fused-ring (bicyclic) bond motifs is 1. The van der Waals surface area contributed by atoms with Gasteiger partial charge in [0.2, 0.25) is 17.7 Å². The van der Waals surface area contributed by atoms with E-state index in [1.807, 2.05) is 24.3 Å². The van der Waals surface area contributed by atoms with Gasteiger partial charge < -0.3 is 43.2 Å². The summed E-state index contributed by atoms with van der Waals surface area (Å²) >= 11 is 0. The fraction of sp³-hybridized carbons (Fsp3) is 0.458. The lowest BCUT2D eigenvalue weighted by atomic mass is 10.0. The number of rotatable bonds is 14. The Balaban J connectivity index is 2.20. The van der Waals surface area contributed by atoms with Crippen LogP contribution >= 0.6 is 0 Å². The highest BCUT2D eigenvalue weighted by atomic mass is 16.4. The zero-order chi connectivity index (χ0) is 27.5. The molecule has 3 amide bonds. The first kappa shape index (κ1) is 29.1. The number of carboxylic acids is 1. The third-order valence-electron chi connectivity index (χ3n) is 5.74. The number of carbonyl (C=O) groups is 4. The molecule has 1 heterocycles. The van der Waals surface area contributed by atoms with Gasteiger partial charge in [-0.25, -0.2) is 4.79 Å². The van der Waals surface area contributed by atoms with Crippen LogP contribution in [0.25, 0.3) is 10.9 Å². The Kier molecular flexibility index (Phi) is 10.9. The second-order valence-corrected chi connectivity index (χ2v) is 8.97. The molecule has 11 N–H and O–H groups in total. The molecule has 37 heavy (non-hydrogen) atoms. The number of aromatic amines is 1. The zero-order valence-electron chi connectivity index (χ0n) is 21.0. The van der Waals surface area contributed by atoms with Crippen LogP contribution in [0.4, 0.5) is 0 Å². The molecule has 13 heteroatoms. The fourth-order valence-electron chi connectivity index (χ4n) is 3.79. The lowest BCUT2D eigenvalue weighted by Gasteiger charge is -2.26. The largest absolute Gasteiger partial charge is 0.480 e. The number of nitrogens with two attached hydrogens (primary N) is 3. The van der Waals surface area contributed by atoms with Crippen molar-refractivity contribution in [1.82, 2.24) is 20.9 Å². The molecule has 3 atom stereocenters. The second-order valence-electron chi connectivity index (χ2n) is 8.97. The highest BCUT2D eigenvalue weighted by Gasteiger charge is 2.31. The predicted octanol–water partition coefficient (Wildman–Crippen LogP) is -1.08. The van der Waals surface area contributed by atoms with Crippen molar-refractivity contribution in [2.45, 2.75) is 51.2 Å². The van der Waals surface area contributed by atoms with Crippen LogP contribution in [0.5, 0.6) is 0 Å². The Morgan fingerprint density at radius 1 is 1.03 bits per heavy atom. The number of para-hydroxylation sites is 1. The van der Waals surface area contributed by atoms with Gasteiger partial charge in [0.1, 0.15) is 18.1 Å². The highest BCUT2D eigenvalue weighted by molar-refractivity contribution is 5.94. The van der Waals surface area contributed by atoms with Crippen molar-refractivity contribution in [2.75, 3.05) is 13.1 Å². The molecule has 0 aliphatic heterocycles. The van der Waals surface area contributed by atoms with Gasteiger partial charge >= 0.3 is 5.97 Å². The van der Waals surface area contributed by atoms with Crippen LogP contribution < -0.4 is 33.2 Å². The summed E-state index contributed by atoms with van der Waals surface area (Å²) in [4.78, 5) is 56.9. The number of nitrogens with one attached hydrogen (secondary N) is 4. The van der Waals surface area contributed by atoms with Gasteiger partial charge in [0.25, 0.3) is 0 Å². The minimum Gasteiger partial charge on any atom is -0.480 e. The van der Waals surface area contributed by atoms with Crippen LogP contribution in [0.2, 0.25) is 0 Å². The van der Waals surface area contributed by atoms with Crippen molar-refractivity contribution < 1.29 is 24.3 Å². The molecule has 0 saturated heterocycles. The van der Waals surface area contributed by atoms with E-state index >= 15 is 0 Å². The number of aliphatic carboxylic acids is 1. The van der Waals surface area contributed by atoms with Crippen LogP contribution in [-0.4, -0.2) is 71.0 Å². The summed E-state index contributed by atoms with van der Waals surface area (Å²) in [5.74, 6) is -3.43. The third-order valence-corrected chi connectivity index (χ3v) is 5.74. The Labute approximate surface area is 214 Å². The normalized spacial score (nSPS) is 13.4. The fourth-order valence-corrected chi connectivity index (χ4v) is 3.79. The molecule has 202 valence electrons. The number of carbonyl (C=O) groups excluding carboxylic acids is 3. The lowest BCUT2D eigenvalue weighted by Crippen LogP contribution is -2.57. The number of aromatic nitrogens is 1. The average Bonchev–Trinajstić information content (AvgIpc) is 3.25. The summed E-state index contributed by atoms with van der Waals surface area (Å²) in [6.45, 7) is 3.37. The van der Waals surface area contributed by atoms with E-state index in [1.54, 1.807) is 20.0 Å². The maximum absolute atomic E-state index is 13.2. The van der Waals surface area contributed by atoms with Gasteiger partial charge in [0.05, 0.1) is 6.54 Å². The van der Waals surface area contributed by atoms with Crippen LogP contribution in [0.3, 0.4) is 0 Å². The van der Waals surface area contributed by atoms with Crippen molar-refractivity contribution in [3.63, 3.8) is 0 Å². The number of H-pyrrole nitrogens is 1. The first-order valence-electron chi connectivity index (χ1n) is 12.0. The molecule has 0 radical (unpaired) electrons. The molecular weight excluding hydrogens is 480 g/mol. The van der Waals surface area contributed by atoms with E-state index in [2.05, 4.69) is 25.9 Å². The van der Waals surface area contributed by atoms with Gasteiger partial charge in [0, 0.05) is 30.1 Å². The van der Waals surface area contributed by atoms with Gasteiger partial charge in [-0.3, -0.25) is 19.4 Å². The second kappa shape index (κ2) is 13.8. The number of guanidine groups is 1. The van der Waals surface area contributed by atoms with Gasteiger partial charge in [-0.15, -0.1) is 0 Å². The van der Waals surface area contributed by atoms with Gasteiger partial charge in [-0.2, -0.15) is 0 Å². The van der Waals surface area contributed by atoms with Crippen molar-refractivity contribution >= 4 is 40.6 Å². The summed E-state index contributed by atoms with van der Waals surface area (Å²) in [6.07, 6.45) is 2.19. The number of hydrogen-bond donors (Lipinski definition) is 8. The summed E-state index contributed by atoms with van der Waals surface area (Å²) in [5, 5.41) is 18.4. The summed E-state index contributed by atoms with van der Waals surface area (Å²) < 4.78 is 0. The van der Waals surface area contributed by atoms with Crippen molar-refractivity contribution in [3.8, 4) is 0 Å². The van der Waals surface area contributed by atoms with E-state index in [0.717, 1.165) is 16.5 Å². The Morgan fingerprint density at radius 2 is 1.70 bits per heavy atom. The maximum Gasteiger partial charge on any atom is 0.326 e.